The van der Waals surface area contributed by atoms with E-state index >= 15 is 0 Å². The van der Waals surface area contributed by atoms with Gasteiger partial charge in [-0.15, -0.1) is 10.3 Å². The fourth-order valence-electron chi connectivity index (χ4n) is 2.09. The number of hydrogen-bond acceptors (Lipinski definition) is 3. The van der Waals surface area contributed by atoms with Crippen LogP contribution in [-0.4, -0.2) is 30.4 Å². The summed E-state index contributed by atoms with van der Waals surface area (Å²) in [6.07, 6.45) is 4.34. The minimum absolute atomic E-state index is 0.136. The van der Waals surface area contributed by atoms with Gasteiger partial charge < -0.3 is 14.2 Å². The van der Waals surface area contributed by atoms with Crippen molar-refractivity contribution in [1.29, 1.82) is 0 Å². The number of halogens is 1. The lowest BCUT2D eigenvalue weighted by molar-refractivity contribution is 0.290. The molecule has 2 aromatic carbocycles. The number of anilines is 1. The van der Waals surface area contributed by atoms with E-state index in [1.807, 2.05) is 36.4 Å². The highest BCUT2D eigenvalue weighted by Gasteiger charge is 2.28. The van der Waals surface area contributed by atoms with Crippen molar-refractivity contribution in [3.05, 3.63) is 59.9 Å². The van der Waals surface area contributed by atoms with Crippen LogP contribution in [0.3, 0.4) is 0 Å². The standard InChI is InChI=1S/C21H30FNO2S/c1-21(2,3)26(4,5)25-14-13-23-18-11-12-20(19(22)15-18)24-16-17-9-7-6-8-10-17/h6-12,15,23H,13-14,16H2,1-5H3. The second-order valence-corrected chi connectivity index (χ2v) is 11.4. The summed E-state index contributed by atoms with van der Waals surface area (Å²) < 4.78 is 26.0. The molecule has 0 heterocycles. The van der Waals surface area contributed by atoms with Crippen molar-refractivity contribution >= 4 is 16.0 Å². The minimum atomic E-state index is -1.13. The van der Waals surface area contributed by atoms with Crippen LogP contribution in [0, 0.1) is 5.82 Å². The lowest BCUT2D eigenvalue weighted by atomic mass is 10.2. The molecular weight excluding hydrogens is 349 g/mol. The maximum absolute atomic E-state index is 14.2. The maximum Gasteiger partial charge on any atom is 0.167 e. The Hall–Kier alpha value is -1.72. The Morgan fingerprint density at radius 1 is 1.04 bits per heavy atom. The number of nitrogens with one attached hydrogen (secondary N) is 1. The second kappa shape index (κ2) is 8.78. The van der Waals surface area contributed by atoms with Gasteiger partial charge in [0.1, 0.15) is 6.61 Å². The Balaban J connectivity index is 1.82. The molecule has 2 aromatic rings. The molecule has 0 saturated carbocycles. The quantitative estimate of drug-likeness (QED) is 0.605. The average Bonchev–Trinajstić information content (AvgIpc) is 2.58. The zero-order valence-electron chi connectivity index (χ0n) is 16.3. The van der Waals surface area contributed by atoms with Crippen LogP contribution in [0.2, 0.25) is 0 Å². The molecule has 0 unspecified atom stereocenters. The lowest BCUT2D eigenvalue weighted by Crippen LogP contribution is -2.26. The predicted molar refractivity (Wildman–Crippen MR) is 111 cm³/mol. The van der Waals surface area contributed by atoms with Crippen LogP contribution in [0.15, 0.2) is 48.5 Å². The highest BCUT2D eigenvalue weighted by molar-refractivity contribution is 8.29. The van der Waals surface area contributed by atoms with Gasteiger partial charge in [0, 0.05) is 23.0 Å². The first kappa shape index (κ1) is 20.6. The van der Waals surface area contributed by atoms with E-state index in [-0.39, 0.29) is 16.3 Å². The second-order valence-electron chi connectivity index (χ2n) is 7.51. The molecule has 26 heavy (non-hydrogen) atoms. The Morgan fingerprint density at radius 2 is 1.73 bits per heavy atom. The van der Waals surface area contributed by atoms with E-state index in [0.717, 1.165) is 11.3 Å². The van der Waals surface area contributed by atoms with Crippen molar-refractivity contribution in [2.75, 3.05) is 31.0 Å². The molecule has 0 spiro atoms. The normalized spacial score (nSPS) is 12.7. The van der Waals surface area contributed by atoms with Crippen LogP contribution in [0.1, 0.15) is 26.3 Å². The molecule has 0 fully saturated rings. The van der Waals surface area contributed by atoms with E-state index in [1.165, 1.54) is 6.07 Å². The van der Waals surface area contributed by atoms with Crippen LogP contribution in [0.4, 0.5) is 10.1 Å². The van der Waals surface area contributed by atoms with Gasteiger partial charge in [0.2, 0.25) is 0 Å². The Kier molecular flexibility index (Phi) is 6.95. The third kappa shape index (κ3) is 5.92. The zero-order valence-corrected chi connectivity index (χ0v) is 17.2. The summed E-state index contributed by atoms with van der Waals surface area (Å²) in [5.41, 5.74) is 1.73. The van der Waals surface area contributed by atoms with Gasteiger partial charge in [0.05, 0.1) is 6.61 Å². The van der Waals surface area contributed by atoms with Crippen molar-refractivity contribution in [1.82, 2.24) is 0 Å². The maximum atomic E-state index is 14.2. The van der Waals surface area contributed by atoms with Gasteiger partial charge in [-0.25, -0.2) is 4.39 Å². The highest BCUT2D eigenvalue weighted by atomic mass is 32.3. The van der Waals surface area contributed by atoms with E-state index in [0.29, 0.717) is 19.8 Å². The lowest BCUT2D eigenvalue weighted by Gasteiger charge is -2.43. The molecule has 0 radical (unpaired) electrons. The van der Waals surface area contributed by atoms with Crippen LogP contribution in [0.5, 0.6) is 5.75 Å². The van der Waals surface area contributed by atoms with Gasteiger partial charge in [-0.3, -0.25) is 0 Å². The molecule has 0 amide bonds. The topological polar surface area (TPSA) is 30.5 Å². The summed E-state index contributed by atoms with van der Waals surface area (Å²) in [4.78, 5) is 0. The van der Waals surface area contributed by atoms with Crippen LogP contribution < -0.4 is 10.1 Å². The van der Waals surface area contributed by atoms with E-state index < -0.39 is 10.3 Å². The first-order valence-electron chi connectivity index (χ1n) is 8.76. The van der Waals surface area contributed by atoms with Crippen LogP contribution in [-0.2, 0) is 10.8 Å². The largest absolute Gasteiger partial charge is 0.486 e. The van der Waals surface area contributed by atoms with E-state index in [4.69, 9.17) is 8.92 Å². The molecular formula is C21H30FNO2S. The number of benzene rings is 2. The average molecular weight is 380 g/mol. The van der Waals surface area contributed by atoms with Gasteiger partial charge in [-0.2, -0.15) is 0 Å². The molecule has 0 saturated heterocycles. The molecule has 3 nitrogen and oxygen atoms in total. The van der Waals surface area contributed by atoms with Crippen molar-refractivity contribution in [3.8, 4) is 5.75 Å². The summed E-state index contributed by atoms with van der Waals surface area (Å²) >= 11 is 0. The van der Waals surface area contributed by atoms with Crippen LogP contribution in [0.25, 0.3) is 0 Å². The summed E-state index contributed by atoms with van der Waals surface area (Å²) in [6, 6.07) is 14.7. The summed E-state index contributed by atoms with van der Waals surface area (Å²) in [5, 5.41) is 3.20. The van der Waals surface area contributed by atoms with E-state index in [9.17, 15) is 4.39 Å². The third-order valence-electron chi connectivity index (χ3n) is 4.45. The number of hydrogen-bond donors (Lipinski definition) is 1. The van der Waals surface area contributed by atoms with Gasteiger partial charge in [0.25, 0.3) is 0 Å². The molecule has 0 aliphatic rings. The van der Waals surface area contributed by atoms with E-state index in [2.05, 4.69) is 38.6 Å². The highest BCUT2D eigenvalue weighted by Crippen LogP contribution is 2.53. The molecule has 2 rings (SSSR count). The summed E-state index contributed by atoms with van der Waals surface area (Å²) in [6.45, 7) is 8.16. The number of ether oxygens (including phenoxy) is 1. The fourth-order valence-corrected chi connectivity index (χ4v) is 2.94. The van der Waals surface area contributed by atoms with Gasteiger partial charge in [-0.1, -0.05) is 51.1 Å². The fraction of sp³-hybridized carbons (Fsp3) is 0.429. The Morgan fingerprint density at radius 3 is 2.35 bits per heavy atom. The van der Waals surface area contributed by atoms with Gasteiger partial charge in [0.15, 0.2) is 11.6 Å². The molecule has 144 valence electrons. The summed E-state index contributed by atoms with van der Waals surface area (Å²) in [5.74, 6) is -0.110. The van der Waals surface area contributed by atoms with E-state index in [1.54, 1.807) is 6.07 Å². The smallest absolute Gasteiger partial charge is 0.167 e. The zero-order chi connectivity index (χ0) is 19.2. The predicted octanol–water partition coefficient (Wildman–Crippen LogP) is 5.61. The molecule has 0 atom stereocenters. The SMILES string of the molecule is CC(C)(C)S(C)(C)OCCNc1ccc(OCc2ccccc2)c(F)c1. The van der Waals surface area contributed by atoms with Gasteiger partial charge >= 0.3 is 0 Å². The molecule has 0 bridgehead atoms. The molecule has 1 N–H and O–H groups in total. The summed E-state index contributed by atoms with van der Waals surface area (Å²) in [7, 11) is -1.13. The van der Waals surface area contributed by atoms with Crippen LogP contribution >= 0.6 is 10.3 Å². The molecule has 0 aliphatic carbocycles. The minimum Gasteiger partial charge on any atom is -0.486 e. The number of rotatable bonds is 8. The third-order valence-corrected chi connectivity index (χ3v) is 8.16. The van der Waals surface area contributed by atoms with Crippen molar-refractivity contribution in [3.63, 3.8) is 0 Å². The Labute approximate surface area is 158 Å². The molecule has 0 aliphatic heterocycles. The Bertz CT molecular complexity index is 699. The molecule has 5 heteroatoms. The van der Waals surface area contributed by atoms with Crippen molar-refractivity contribution < 1.29 is 13.3 Å². The first-order chi connectivity index (χ1) is 12.2. The monoisotopic (exact) mass is 379 g/mol. The van der Waals surface area contributed by atoms with Crippen molar-refractivity contribution in [2.45, 2.75) is 32.1 Å². The molecule has 0 aromatic heterocycles. The van der Waals surface area contributed by atoms with Gasteiger partial charge in [-0.05, 0) is 30.2 Å². The first-order valence-corrected chi connectivity index (χ1v) is 11.1. The van der Waals surface area contributed by atoms with Crippen molar-refractivity contribution in [2.24, 2.45) is 0 Å².